The number of urea groups is 1. The highest BCUT2D eigenvalue weighted by Gasteiger charge is 2.42. The lowest BCUT2D eigenvalue weighted by atomic mass is 10.0. The lowest BCUT2D eigenvalue weighted by Gasteiger charge is -2.41. The molecule has 3 aromatic heterocycles. The van der Waals surface area contributed by atoms with E-state index in [4.69, 9.17) is 0 Å². The molecule has 7 rings (SSSR count). The van der Waals surface area contributed by atoms with Crippen LogP contribution in [0.5, 0.6) is 0 Å². The van der Waals surface area contributed by atoms with Crippen molar-refractivity contribution in [3.05, 3.63) is 108 Å². The smallest absolute Gasteiger partial charge is 0.319 e. The fraction of sp³-hybridized carbons (Fsp3) is 0.235. The number of hydrogen-bond donors (Lipinski definition) is 3. The molecular formula is C34H32F2N8O3S. The molecule has 1 fully saturated rings. The van der Waals surface area contributed by atoms with Gasteiger partial charge in [0, 0.05) is 41.1 Å². The van der Waals surface area contributed by atoms with Crippen molar-refractivity contribution in [1.82, 2.24) is 25.0 Å². The molecule has 2 aromatic carbocycles. The van der Waals surface area contributed by atoms with E-state index in [1.165, 1.54) is 33.4 Å². The number of halogens is 2. The predicted octanol–water partition coefficient (Wildman–Crippen LogP) is 5.56. The van der Waals surface area contributed by atoms with E-state index in [1.54, 1.807) is 47.4 Å². The molecule has 2 aliphatic rings. The van der Waals surface area contributed by atoms with Crippen LogP contribution in [0.2, 0.25) is 0 Å². The number of carbonyl (C=O) groups is 2. The monoisotopic (exact) mass is 670 g/mol. The minimum absolute atomic E-state index is 0.216. The van der Waals surface area contributed by atoms with E-state index < -0.39 is 23.9 Å². The fourth-order valence-electron chi connectivity index (χ4n) is 5.65. The molecule has 1 saturated carbocycles. The number of thiophene rings is 1. The number of nitrogens with zero attached hydrogens (tertiary/aromatic N) is 6. The Hall–Kier alpha value is -5.18. The van der Waals surface area contributed by atoms with E-state index in [9.17, 15) is 14.7 Å². The SMILES string of the molecule is CN(C)Cc1c(-c2ccc(NC(=O)NC3CC3)cc2)sc2c1C(=O)N(c1ccc(-n3cccn3)nc1)C(O)N2Cc1c(F)cccc1F. The van der Waals surface area contributed by atoms with Crippen molar-refractivity contribution in [2.75, 3.05) is 29.2 Å². The number of pyridine rings is 1. The number of amides is 3. The van der Waals surface area contributed by atoms with E-state index in [0.717, 1.165) is 35.4 Å². The molecule has 5 aromatic rings. The van der Waals surface area contributed by atoms with Crippen molar-refractivity contribution >= 4 is 39.7 Å². The highest BCUT2D eigenvalue weighted by Crippen LogP contribution is 2.48. The van der Waals surface area contributed by atoms with E-state index in [0.29, 0.717) is 34.2 Å². The second-order valence-corrected chi connectivity index (χ2v) is 13.0. The van der Waals surface area contributed by atoms with Crippen molar-refractivity contribution in [3.63, 3.8) is 0 Å². The average molecular weight is 671 g/mol. The summed E-state index contributed by atoms with van der Waals surface area (Å²) < 4.78 is 31.6. The molecule has 0 spiro atoms. The standard InChI is InChI=1S/C34H32F2N8O3S/c1-41(2)18-25-29-31(45)44(23-13-14-28(37-17-23)43-16-4-15-38-43)34(47)42(19-24-26(35)5-3-6-27(24)36)32(29)48-30(25)20-7-9-21(10-8-20)39-33(46)40-22-11-12-22/h3-10,13-17,22,34,47H,11-12,18-19H2,1-2H3,(H2,39,40,46). The van der Waals surface area contributed by atoms with Gasteiger partial charge in [-0.3, -0.25) is 9.69 Å². The van der Waals surface area contributed by atoms with Crippen LogP contribution in [0.3, 0.4) is 0 Å². The zero-order valence-electron chi connectivity index (χ0n) is 26.1. The maximum atomic E-state index is 15.0. The molecule has 246 valence electrons. The largest absolute Gasteiger partial charge is 0.356 e. The second kappa shape index (κ2) is 12.8. The van der Waals surface area contributed by atoms with Crippen molar-refractivity contribution < 1.29 is 23.5 Å². The Morgan fingerprint density at radius 2 is 1.79 bits per heavy atom. The van der Waals surface area contributed by atoms with E-state index >= 15 is 8.78 Å². The maximum absolute atomic E-state index is 15.0. The van der Waals surface area contributed by atoms with Gasteiger partial charge in [0.25, 0.3) is 5.91 Å². The predicted molar refractivity (Wildman–Crippen MR) is 179 cm³/mol. The first-order valence-corrected chi connectivity index (χ1v) is 16.1. The lowest BCUT2D eigenvalue weighted by Crippen LogP contribution is -2.55. The third-order valence-corrected chi connectivity index (χ3v) is 9.44. The van der Waals surface area contributed by atoms with Gasteiger partial charge in [0.2, 0.25) is 6.35 Å². The Morgan fingerprint density at radius 3 is 2.42 bits per heavy atom. The van der Waals surface area contributed by atoms with Crippen LogP contribution in [0.25, 0.3) is 16.3 Å². The Bertz CT molecular complexity index is 1940. The van der Waals surface area contributed by atoms with Crippen LogP contribution >= 0.6 is 11.3 Å². The number of fused-ring (bicyclic) bond motifs is 1. The normalized spacial score (nSPS) is 16.0. The third kappa shape index (κ3) is 6.12. The number of nitrogens with one attached hydrogen (secondary N) is 2. The Morgan fingerprint density at radius 1 is 1.04 bits per heavy atom. The summed E-state index contributed by atoms with van der Waals surface area (Å²) in [6.07, 6.45) is 5.13. The minimum Gasteiger partial charge on any atom is -0.356 e. The number of rotatable bonds is 9. The zero-order chi connectivity index (χ0) is 33.5. The van der Waals surface area contributed by atoms with Gasteiger partial charge in [-0.05, 0) is 80.5 Å². The molecule has 11 nitrogen and oxygen atoms in total. The molecule has 1 aliphatic carbocycles. The average Bonchev–Trinajstić information content (AvgIpc) is 3.54. The van der Waals surface area contributed by atoms with Crippen LogP contribution in [0.1, 0.15) is 34.3 Å². The number of hydrogen-bond acceptors (Lipinski definition) is 8. The summed E-state index contributed by atoms with van der Waals surface area (Å²) in [6, 6.07) is 15.9. The summed E-state index contributed by atoms with van der Waals surface area (Å²) >= 11 is 1.26. The van der Waals surface area contributed by atoms with Crippen LogP contribution in [-0.2, 0) is 13.1 Å². The maximum Gasteiger partial charge on any atom is 0.319 e. The first-order chi connectivity index (χ1) is 23.2. The molecule has 4 heterocycles. The molecule has 0 radical (unpaired) electrons. The van der Waals surface area contributed by atoms with Gasteiger partial charge in [0.05, 0.1) is 24.0 Å². The molecule has 48 heavy (non-hydrogen) atoms. The van der Waals surface area contributed by atoms with E-state index in [2.05, 4.69) is 20.7 Å². The minimum atomic E-state index is -1.61. The summed E-state index contributed by atoms with van der Waals surface area (Å²) in [5.74, 6) is -1.51. The first kappa shape index (κ1) is 31.4. The summed E-state index contributed by atoms with van der Waals surface area (Å²) in [5.41, 5.74) is 2.43. The highest BCUT2D eigenvalue weighted by molar-refractivity contribution is 7.20. The number of aliphatic hydroxyl groups is 1. The summed E-state index contributed by atoms with van der Waals surface area (Å²) in [5, 5.41) is 22.1. The molecule has 1 atom stereocenters. The van der Waals surface area contributed by atoms with Crippen molar-refractivity contribution in [3.8, 4) is 16.3 Å². The summed E-state index contributed by atoms with van der Waals surface area (Å²) in [7, 11) is 3.76. The number of aliphatic hydroxyl groups excluding tert-OH is 1. The van der Waals surface area contributed by atoms with Crippen LogP contribution in [0.4, 0.5) is 30.0 Å². The lowest BCUT2D eigenvalue weighted by molar-refractivity contribution is 0.0855. The summed E-state index contributed by atoms with van der Waals surface area (Å²) in [6.45, 7) is 0.00853. The number of aromatic nitrogens is 3. The van der Waals surface area contributed by atoms with Gasteiger partial charge < -0.3 is 25.5 Å². The molecule has 1 aliphatic heterocycles. The molecule has 0 saturated heterocycles. The topological polar surface area (TPSA) is 119 Å². The third-order valence-electron chi connectivity index (χ3n) is 8.12. The van der Waals surface area contributed by atoms with E-state index in [-0.39, 0.29) is 29.9 Å². The molecule has 14 heteroatoms. The van der Waals surface area contributed by atoms with Gasteiger partial charge in [0.15, 0.2) is 5.82 Å². The zero-order valence-corrected chi connectivity index (χ0v) is 26.9. The van der Waals surface area contributed by atoms with Gasteiger partial charge in [-0.1, -0.05) is 18.2 Å². The van der Waals surface area contributed by atoms with Gasteiger partial charge in [-0.2, -0.15) is 5.10 Å². The number of anilines is 3. The van der Waals surface area contributed by atoms with Gasteiger partial charge in [-0.25, -0.2) is 23.2 Å². The molecule has 0 bridgehead atoms. The van der Waals surface area contributed by atoms with Crippen LogP contribution in [0, 0.1) is 11.6 Å². The first-order valence-electron chi connectivity index (χ1n) is 15.3. The van der Waals surface area contributed by atoms with Crippen molar-refractivity contribution in [2.24, 2.45) is 0 Å². The molecule has 1 unspecified atom stereocenters. The van der Waals surface area contributed by atoms with E-state index in [1.807, 2.05) is 31.1 Å². The van der Waals surface area contributed by atoms with Crippen LogP contribution in [0.15, 0.2) is 79.3 Å². The van der Waals surface area contributed by atoms with Crippen LogP contribution < -0.4 is 20.4 Å². The van der Waals surface area contributed by atoms with Crippen molar-refractivity contribution in [2.45, 2.75) is 38.3 Å². The Balaban J connectivity index is 1.32. The van der Waals surface area contributed by atoms with Gasteiger partial charge in [0.1, 0.15) is 16.6 Å². The van der Waals surface area contributed by atoms with Crippen molar-refractivity contribution in [1.29, 1.82) is 0 Å². The fourth-order valence-corrected chi connectivity index (χ4v) is 6.97. The highest BCUT2D eigenvalue weighted by atomic mass is 32.1. The second-order valence-electron chi connectivity index (χ2n) is 12.0. The molecular weight excluding hydrogens is 638 g/mol. The van der Waals surface area contributed by atoms with Gasteiger partial charge >= 0.3 is 6.03 Å². The molecule has 3 amide bonds. The molecule has 3 N–H and O–H groups in total. The number of benzene rings is 2. The quantitative estimate of drug-likeness (QED) is 0.188. The van der Waals surface area contributed by atoms with Gasteiger partial charge in [-0.15, -0.1) is 11.3 Å². The number of carbonyl (C=O) groups excluding carboxylic acids is 2. The van der Waals surface area contributed by atoms with Crippen LogP contribution in [-0.4, -0.2) is 63.2 Å². The Kier molecular flexibility index (Phi) is 8.37. The Labute approximate surface area is 279 Å². The summed E-state index contributed by atoms with van der Waals surface area (Å²) in [4.78, 5) is 36.5.